The molecule has 0 fully saturated rings. The van der Waals surface area contributed by atoms with Gasteiger partial charge in [0, 0.05) is 6.61 Å². The first-order valence-corrected chi connectivity index (χ1v) is 7.76. The Morgan fingerprint density at radius 2 is 1.59 bits per heavy atom. The number of hydrogen-bond acceptors (Lipinski definition) is 1. The minimum Gasteiger partial charge on any atom is -0.378 e. The zero-order chi connectivity index (χ0) is 12.8. The second-order valence-electron chi connectivity index (χ2n) is 5.02. The van der Waals surface area contributed by atoms with Gasteiger partial charge in [-0.3, -0.25) is 0 Å². The van der Waals surface area contributed by atoms with Crippen LogP contribution in [0.3, 0.4) is 0 Å². The van der Waals surface area contributed by atoms with Gasteiger partial charge in [-0.05, 0) is 19.3 Å². The smallest absolute Gasteiger partial charge is 0.0572 e. The maximum absolute atomic E-state index is 5.92. The minimum absolute atomic E-state index is 0.497. The lowest BCUT2D eigenvalue weighted by Gasteiger charge is -2.15. The average molecular weight is 241 g/mol. The Kier molecular flexibility index (Phi) is 14.0. The molecule has 1 heteroatoms. The summed E-state index contributed by atoms with van der Waals surface area (Å²) in [6.45, 7) is 9.34. The van der Waals surface area contributed by atoms with Gasteiger partial charge < -0.3 is 4.74 Å². The quantitative estimate of drug-likeness (QED) is 0.385. The first-order chi connectivity index (χ1) is 8.35. The van der Waals surface area contributed by atoms with Crippen molar-refractivity contribution in [3.05, 3.63) is 6.92 Å². The monoisotopic (exact) mass is 241 g/mol. The molecule has 0 aromatic heterocycles. The molecule has 1 nitrogen and oxygen atoms in total. The first kappa shape index (κ1) is 17.0. The molecule has 103 valence electrons. The molecule has 0 aliphatic heterocycles. The van der Waals surface area contributed by atoms with Gasteiger partial charge in [-0.25, -0.2) is 0 Å². The molecule has 1 radical (unpaired) electrons. The van der Waals surface area contributed by atoms with Crippen LogP contribution in [0.15, 0.2) is 0 Å². The molecule has 1 unspecified atom stereocenters. The summed E-state index contributed by atoms with van der Waals surface area (Å²) in [4.78, 5) is 0. The molecule has 0 amide bonds. The predicted molar refractivity (Wildman–Crippen MR) is 77.2 cm³/mol. The van der Waals surface area contributed by atoms with Crippen molar-refractivity contribution in [1.82, 2.24) is 0 Å². The Bertz CT molecular complexity index is 133. The van der Waals surface area contributed by atoms with E-state index in [2.05, 4.69) is 20.8 Å². The summed E-state index contributed by atoms with van der Waals surface area (Å²) < 4.78 is 5.92. The summed E-state index contributed by atoms with van der Waals surface area (Å²) in [5.41, 5.74) is 0. The van der Waals surface area contributed by atoms with Crippen LogP contribution in [0.25, 0.3) is 0 Å². The first-order valence-electron chi connectivity index (χ1n) is 7.76. The molecule has 0 saturated heterocycles. The zero-order valence-corrected chi connectivity index (χ0v) is 12.2. The third-order valence-electron chi connectivity index (χ3n) is 3.33. The summed E-state index contributed by atoms with van der Waals surface area (Å²) in [7, 11) is 0. The molecule has 0 bridgehead atoms. The van der Waals surface area contributed by atoms with E-state index in [-0.39, 0.29) is 0 Å². The molecule has 0 N–H and O–H groups in total. The molecule has 0 heterocycles. The Labute approximate surface area is 109 Å². The lowest BCUT2D eigenvalue weighted by Crippen LogP contribution is -2.12. The Hall–Kier alpha value is -0.0400. The lowest BCUT2D eigenvalue weighted by molar-refractivity contribution is 0.0408. The van der Waals surface area contributed by atoms with Crippen LogP contribution in [0.1, 0.15) is 84.5 Å². The Morgan fingerprint density at radius 3 is 2.24 bits per heavy atom. The number of ether oxygens (including phenoxy) is 1. The largest absolute Gasteiger partial charge is 0.378 e. The molecular weight excluding hydrogens is 208 g/mol. The van der Waals surface area contributed by atoms with Gasteiger partial charge >= 0.3 is 0 Å². The molecule has 0 aromatic carbocycles. The third-order valence-corrected chi connectivity index (χ3v) is 3.33. The van der Waals surface area contributed by atoms with Gasteiger partial charge in [0.25, 0.3) is 0 Å². The molecule has 1 atom stereocenters. The molecule has 0 aliphatic carbocycles. The molecule has 0 saturated carbocycles. The fourth-order valence-electron chi connectivity index (χ4n) is 2.09. The van der Waals surface area contributed by atoms with E-state index in [1.165, 1.54) is 57.8 Å². The highest BCUT2D eigenvalue weighted by molar-refractivity contribution is 4.57. The summed E-state index contributed by atoms with van der Waals surface area (Å²) in [6, 6.07) is 0. The summed E-state index contributed by atoms with van der Waals surface area (Å²) >= 11 is 0. The summed E-state index contributed by atoms with van der Waals surface area (Å²) in [6.07, 6.45) is 14.6. The van der Waals surface area contributed by atoms with Crippen LogP contribution in [0.2, 0.25) is 0 Å². The van der Waals surface area contributed by atoms with Crippen molar-refractivity contribution < 1.29 is 4.74 Å². The van der Waals surface area contributed by atoms with Gasteiger partial charge in [0.1, 0.15) is 0 Å². The third kappa shape index (κ3) is 12.2. The fourth-order valence-corrected chi connectivity index (χ4v) is 2.09. The Morgan fingerprint density at radius 1 is 0.882 bits per heavy atom. The van der Waals surface area contributed by atoms with Crippen molar-refractivity contribution in [3.8, 4) is 0 Å². The molecule has 17 heavy (non-hydrogen) atoms. The van der Waals surface area contributed by atoms with Crippen LogP contribution in [-0.2, 0) is 4.74 Å². The van der Waals surface area contributed by atoms with Crippen molar-refractivity contribution in [1.29, 1.82) is 0 Å². The number of unbranched alkanes of at least 4 members (excludes halogenated alkanes) is 7. The van der Waals surface area contributed by atoms with E-state index >= 15 is 0 Å². The van der Waals surface area contributed by atoms with Crippen LogP contribution >= 0.6 is 0 Å². The average Bonchev–Trinajstić information content (AvgIpc) is 2.35. The van der Waals surface area contributed by atoms with E-state index in [9.17, 15) is 0 Å². The maximum atomic E-state index is 5.92. The van der Waals surface area contributed by atoms with E-state index in [0.29, 0.717) is 6.10 Å². The van der Waals surface area contributed by atoms with Crippen LogP contribution in [-0.4, -0.2) is 12.7 Å². The van der Waals surface area contributed by atoms with Crippen LogP contribution in [0, 0.1) is 6.92 Å². The minimum atomic E-state index is 0.497. The molecule has 0 aliphatic rings. The van der Waals surface area contributed by atoms with Gasteiger partial charge in [-0.2, -0.15) is 0 Å². The van der Waals surface area contributed by atoms with E-state index in [1.54, 1.807) is 0 Å². The van der Waals surface area contributed by atoms with Gasteiger partial charge in [0.2, 0.25) is 0 Å². The second kappa shape index (κ2) is 14.0. The fraction of sp³-hybridized carbons (Fsp3) is 0.938. The van der Waals surface area contributed by atoms with Crippen molar-refractivity contribution in [3.63, 3.8) is 0 Å². The molecule has 0 aromatic rings. The van der Waals surface area contributed by atoms with Crippen molar-refractivity contribution in [2.45, 2.75) is 90.6 Å². The topological polar surface area (TPSA) is 9.23 Å². The van der Waals surface area contributed by atoms with E-state index in [1.807, 2.05) is 0 Å². The SMILES string of the molecule is [CH2]CCCCC(CC)OCCCCCCCC. The predicted octanol–water partition coefficient (Wildman–Crippen LogP) is 5.54. The number of rotatable bonds is 13. The van der Waals surface area contributed by atoms with E-state index in [4.69, 9.17) is 4.74 Å². The maximum Gasteiger partial charge on any atom is 0.0572 e. The van der Waals surface area contributed by atoms with E-state index < -0.39 is 0 Å². The van der Waals surface area contributed by atoms with Gasteiger partial charge in [-0.15, -0.1) is 0 Å². The highest BCUT2D eigenvalue weighted by Crippen LogP contribution is 2.11. The van der Waals surface area contributed by atoms with Gasteiger partial charge in [0.05, 0.1) is 6.10 Å². The van der Waals surface area contributed by atoms with Crippen LogP contribution in [0.5, 0.6) is 0 Å². The van der Waals surface area contributed by atoms with Crippen molar-refractivity contribution >= 4 is 0 Å². The van der Waals surface area contributed by atoms with Crippen molar-refractivity contribution in [2.24, 2.45) is 0 Å². The zero-order valence-electron chi connectivity index (χ0n) is 12.2. The molecule has 0 rings (SSSR count). The summed E-state index contributed by atoms with van der Waals surface area (Å²) in [5, 5.41) is 0. The van der Waals surface area contributed by atoms with Crippen LogP contribution in [0.4, 0.5) is 0 Å². The normalized spacial score (nSPS) is 12.9. The standard InChI is InChI=1S/C16H33O/c1-4-7-9-10-11-13-15-17-16(6-3)14-12-8-5-2/h16H,2,4-15H2,1,3H3. The van der Waals surface area contributed by atoms with Gasteiger partial charge in [0.15, 0.2) is 0 Å². The summed E-state index contributed by atoms with van der Waals surface area (Å²) in [5.74, 6) is 0. The highest BCUT2D eigenvalue weighted by atomic mass is 16.5. The lowest BCUT2D eigenvalue weighted by atomic mass is 10.1. The van der Waals surface area contributed by atoms with Gasteiger partial charge in [-0.1, -0.05) is 72.1 Å². The van der Waals surface area contributed by atoms with E-state index in [0.717, 1.165) is 19.4 Å². The molecule has 0 spiro atoms. The van der Waals surface area contributed by atoms with Crippen LogP contribution < -0.4 is 0 Å². The highest BCUT2D eigenvalue weighted by Gasteiger charge is 2.05. The Balaban J connectivity index is 3.25. The number of hydrogen-bond donors (Lipinski definition) is 0. The molecular formula is C16H33O. The van der Waals surface area contributed by atoms with Crippen molar-refractivity contribution in [2.75, 3.05) is 6.61 Å². The second-order valence-corrected chi connectivity index (χ2v) is 5.02.